The number of carbonyl (C=O) groups is 1. The molecule has 2 aromatic rings. The zero-order valence-corrected chi connectivity index (χ0v) is 19.2. The third kappa shape index (κ3) is 4.78. The van der Waals surface area contributed by atoms with Crippen molar-refractivity contribution >= 4 is 11.8 Å². The van der Waals surface area contributed by atoms with Gasteiger partial charge < -0.3 is 18.9 Å². The largest absolute Gasteiger partial charge is 0.444 e. The van der Waals surface area contributed by atoms with Crippen molar-refractivity contribution < 1.29 is 14.3 Å². The first-order valence-corrected chi connectivity index (χ1v) is 10.5. The second kappa shape index (κ2) is 8.68. The van der Waals surface area contributed by atoms with Crippen LogP contribution in [0.1, 0.15) is 37.7 Å². The molecule has 1 aliphatic heterocycles. The molecule has 0 spiro atoms. The highest BCUT2D eigenvalue weighted by molar-refractivity contribution is 5.69. The Kier molecular flexibility index (Phi) is 6.41. The predicted molar refractivity (Wildman–Crippen MR) is 119 cm³/mol. The van der Waals surface area contributed by atoms with E-state index in [1.165, 1.54) is 11.4 Å². The van der Waals surface area contributed by atoms with Crippen LogP contribution in [0.3, 0.4) is 0 Å². The van der Waals surface area contributed by atoms with Crippen LogP contribution in [0.4, 0.5) is 10.5 Å². The fourth-order valence-electron chi connectivity index (χ4n) is 3.99. The summed E-state index contributed by atoms with van der Waals surface area (Å²) in [6.45, 7) is 14.4. The number of anilines is 1. The van der Waals surface area contributed by atoms with Gasteiger partial charge in [-0.2, -0.15) is 0 Å². The summed E-state index contributed by atoms with van der Waals surface area (Å²) < 4.78 is 13.2. The number of ether oxygens (including phenoxy) is 2. The Bertz CT molecular complexity index is 881. The van der Waals surface area contributed by atoms with Crippen molar-refractivity contribution in [3.05, 3.63) is 41.3 Å². The molecule has 1 unspecified atom stereocenters. The first kappa shape index (κ1) is 22.2. The summed E-state index contributed by atoms with van der Waals surface area (Å²) in [5.74, 6) is 0.928. The first-order chi connectivity index (χ1) is 14.1. The van der Waals surface area contributed by atoms with Crippen LogP contribution in [0.5, 0.6) is 0 Å². The van der Waals surface area contributed by atoms with Gasteiger partial charge in [0, 0.05) is 38.1 Å². The number of aromatic nitrogens is 2. The van der Waals surface area contributed by atoms with E-state index in [4.69, 9.17) is 14.5 Å². The molecule has 7 heteroatoms. The summed E-state index contributed by atoms with van der Waals surface area (Å²) in [4.78, 5) is 21.5. The summed E-state index contributed by atoms with van der Waals surface area (Å²) in [7, 11) is 1.66. The Morgan fingerprint density at radius 2 is 1.83 bits per heavy atom. The van der Waals surface area contributed by atoms with E-state index in [1.54, 1.807) is 12.0 Å². The van der Waals surface area contributed by atoms with Crippen LogP contribution in [0.2, 0.25) is 0 Å². The van der Waals surface area contributed by atoms with E-state index in [1.807, 2.05) is 27.0 Å². The van der Waals surface area contributed by atoms with Crippen molar-refractivity contribution in [3.8, 4) is 5.82 Å². The van der Waals surface area contributed by atoms with Crippen LogP contribution in [-0.2, 0) is 9.47 Å². The molecule has 0 saturated carbocycles. The van der Waals surface area contributed by atoms with E-state index in [0.29, 0.717) is 19.7 Å². The van der Waals surface area contributed by atoms with Gasteiger partial charge in [-0.15, -0.1) is 0 Å². The van der Waals surface area contributed by atoms with Gasteiger partial charge in [0.05, 0.1) is 24.5 Å². The van der Waals surface area contributed by atoms with Gasteiger partial charge >= 0.3 is 6.09 Å². The number of hydrogen-bond donors (Lipinski definition) is 0. The maximum atomic E-state index is 12.7. The molecule has 1 fully saturated rings. The average Bonchev–Trinajstić information content (AvgIpc) is 2.99. The van der Waals surface area contributed by atoms with E-state index in [0.717, 1.165) is 23.6 Å². The maximum absolute atomic E-state index is 12.7. The maximum Gasteiger partial charge on any atom is 0.410 e. The van der Waals surface area contributed by atoms with Gasteiger partial charge in [0.2, 0.25) is 0 Å². The Morgan fingerprint density at radius 3 is 2.40 bits per heavy atom. The third-order valence-electron chi connectivity index (χ3n) is 5.38. The summed E-state index contributed by atoms with van der Waals surface area (Å²) >= 11 is 0. The molecule has 164 valence electrons. The number of hydrogen-bond acceptors (Lipinski definition) is 5. The molecular weight excluding hydrogens is 380 g/mol. The summed E-state index contributed by atoms with van der Waals surface area (Å²) in [6, 6.07) is 6.25. The molecule has 1 amide bonds. The minimum atomic E-state index is -0.517. The molecule has 0 aromatic carbocycles. The SMILES string of the molecule is COCC1CN(c2cnc(-n3c(C)ccc3C)cc2C)CCN1C(=O)OC(C)(C)C. The molecule has 0 bridgehead atoms. The fraction of sp³-hybridized carbons (Fsp3) is 0.565. The molecule has 7 nitrogen and oxygen atoms in total. The number of carbonyl (C=O) groups excluding carboxylic acids is 1. The minimum Gasteiger partial charge on any atom is -0.444 e. The Morgan fingerprint density at radius 1 is 1.17 bits per heavy atom. The Hall–Kier alpha value is -2.54. The van der Waals surface area contributed by atoms with E-state index >= 15 is 0 Å². The summed E-state index contributed by atoms with van der Waals surface area (Å²) in [5, 5.41) is 0. The second-order valence-corrected chi connectivity index (χ2v) is 9.01. The fourth-order valence-corrected chi connectivity index (χ4v) is 3.99. The highest BCUT2D eigenvalue weighted by atomic mass is 16.6. The van der Waals surface area contributed by atoms with Gasteiger partial charge in [0.15, 0.2) is 0 Å². The minimum absolute atomic E-state index is 0.0772. The molecule has 30 heavy (non-hydrogen) atoms. The number of aryl methyl sites for hydroxylation is 3. The Balaban J connectivity index is 1.79. The Labute approximate surface area is 179 Å². The van der Waals surface area contributed by atoms with Crippen molar-refractivity contribution in [2.75, 3.05) is 38.3 Å². The third-order valence-corrected chi connectivity index (χ3v) is 5.38. The summed E-state index contributed by atoms with van der Waals surface area (Å²) in [6.07, 6.45) is 1.66. The number of rotatable bonds is 4. The highest BCUT2D eigenvalue weighted by Gasteiger charge is 2.34. The van der Waals surface area contributed by atoms with Crippen molar-refractivity contribution in [2.24, 2.45) is 0 Å². The normalized spacial score (nSPS) is 17.4. The smallest absolute Gasteiger partial charge is 0.410 e. The lowest BCUT2D eigenvalue weighted by Crippen LogP contribution is -2.58. The number of piperazine rings is 1. The second-order valence-electron chi connectivity index (χ2n) is 9.01. The zero-order chi connectivity index (χ0) is 22.1. The van der Waals surface area contributed by atoms with Crippen LogP contribution in [0.25, 0.3) is 5.82 Å². The van der Waals surface area contributed by atoms with E-state index in [2.05, 4.69) is 48.4 Å². The molecule has 3 heterocycles. The van der Waals surface area contributed by atoms with Crippen LogP contribution < -0.4 is 4.90 Å². The summed E-state index contributed by atoms with van der Waals surface area (Å²) in [5.41, 5.74) is 4.06. The van der Waals surface area contributed by atoms with Crippen LogP contribution >= 0.6 is 0 Å². The lowest BCUT2D eigenvalue weighted by Gasteiger charge is -2.42. The number of amides is 1. The highest BCUT2D eigenvalue weighted by Crippen LogP contribution is 2.26. The van der Waals surface area contributed by atoms with Gasteiger partial charge in [-0.25, -0.2) is 9.78 Å². The predicted octanol–water partition coefficient (Wildman–Crippen LogP) is 3.87. The van der Waals surface area contributed by atoms with Gasteiger partial charge in [-0.05, 0) is 65.3 Å². The van der Waals surface area contributed by atoms with E-state index < -0.39 is 5.60 Å². The molecule has 0 radical (unpaired) electrons. The topological polar surface area (TPSA) is 59.8 Å². The zero-order valence-electron chi connectivity index (χ0n) is 19.2. The lowest BCUT2D eigenvalue weighted by molar-refractivity contribution is 0.00343. The molecule has 0 N–H and O–H groups in total. The van der Waals surface area contributed by atoms with Crippen molar-refractivity contribution in [3.63, 3.8) is 0 Å². The molecule has 1 aliphatic rings. The van der Waals surface area contributed by atoms with Crippen molar-refractivity contribution in [1.82, 2.24) is 14.5 Å². The number of methoxy groups -OCH3 is 1. The molecular formula is C23H34N4O3. The van der Waals surface area contributed by atoms with E-state index in [9.17, 15) is 4.79 Å². The lowest BCUT2D eigenvalue weighted by atomic mass is 10.1. The number of nitrogens with zero attached hydrogens (tertiary/aromatic N) is 4. The van der Waals surface area contributed by atoms with Crippen molar-refractivity contribution in [2.45, 2.75) is 53.2 Å². The van der Waals surface area contributed by atoms with Gasteiger partial charge in [0.25, 0.3) is 0 Å². The standard InChI is InChI=1S/C23H34N4O3/c1-16-12-21(27-17(2)8-9-18(27)3)24-13-20(16)25-10-11-26(19(14-25)15-29-7)22(28)30-23(4,5)6/h8-9,12-13,19H,10-11,14-15H2,1-7H3. The quantitative estimate of drug-likeness (QED) is 0.760. The van der Waals surface area contributed by atoms with Crippen LogP contribution in [0, 0.1) is 20.8 Å². The van der Waals surface area contributed by atoms with Gasteiger partial charge in [-0.1, -0.05) is 0 Å². The van der Waals surface area contributed by atoms with E-state index in [-0.39, 0.29) is 12.1 Å². The molecule has 1 atom stereocenters. The van der Waals surface area contributed by atoms with Gasteiger partial charge in [0.1, 0.15) is 11.4 Å². The van der Waals surface area contributed by atoms with Crippen LogP contribution in [-0.4, -0.2) is 65.5 Å². The monoisotopic (exact) mass is 414 g/mol. The van der Waals surface area contributed by atoms with Crippen molar-refractivity contribution in [1.29, 1.82) is 0 Å². The van der Waals surface area contributed by atoms with Gasteiger partial charge in [-0.3, -0.25) is 4.90 Å². The molecule has 2 aromatic heterocycles. The first-order valence-electron chi connectivity index (χ1n) is 10.5. The number of pyridine rings is 1. The molecule has 0 aliphatic carbocycles. The van der Waals surface area contributed by atoms with Crippen LogP contribution in [0.15, 0.2) is 24.4 Å². The average molecular weight is 415 g/mol. The molecule has 1 saturated heterocycles. The molecule has 3 rings (SSSR count).